The fraction of sp³-hybridized carbons (Fsp3) is 0.231. The zero-order chi connectivity index (χ0) is 15.6. The van der Waals surface area contributed by atoms with Gasteiger partial charge in [-0.3, -0.25) is 4.98 Å². The van der Waals surface area contributed by atoms with Crippen molar-refractivity contribution in [2.24, 2.45) is 0 Å². The molecule has 1 atom stereocenters. The summed E-state index contributed by atoms with van der Waals surface area (Å²) in [5.41, 5.74) is 1.12. The van der Waals surface area contributed by atoms with E-state index in [1.165, 1.54) is 5.38 Å². The number of nitrogens with zero attached hydrogens (tertiary/aromatic N) is 1. The predicted octanol–water partition coefficient (Wildman–Crippen LogP) is 2.19. The standard InChI is InChI=1S/C13H14N2O4S2/c1-8-7-20-11(13(16)17)12(8)21(18,19)15-9(2)10-4-3-5-14-6-10/h3-7,9,15H,1-2H3,(H,16,17)/t9-/m0/s1. The number of carboxylic acids is 1. The Hall–Kier alpha value is -1.77. The van der Waals surface area contributed by atoms with Gasteiger partial charge in [-0.2, -0.15) is 0 Å². The fourth-order valence-electron chi connectivity index (χ4n) is 1.91. The fourth-order valence-corrected chi connectivity index (χ4v) is 4.77. The molecule has 112 valence electrons. The Morgan fingerprint density at radius 1 is 1.48 bits per heavy atom. The van der Waals surface area contributed by atoms with E-state index in [4.69, 9.17) is 5.11 Å². The molecule has 8 heteroatoms. The second-order valence-electron chi connectivity index (χ2n) is 4.51. The molecule has 2 aromatic heterocycles. The molecule has 0 aliphatic heterocycles. The lowest BCUT2D eigenvalue weighted by atomic mass is 10.2. The molecule has 0 aromatic carbocycles. The second kappa shape index (κ2) is 5.92. The quantitative estimate of drug-likeness (QED) is 0.878. The summed E-state index contributed by atoms with van der Waals surface area (Å²) >= 11 is 0.903. The average molecular weight is 326 g/mol. The first kappa shape index (κ1) is 15.6. The van der Waals surface area contributed by atoms with Crippen LogP contribution in [0.5, 0.6) is 0 Å². The lowest BCUT2D eigenvalue weighted by Crippen LogP contribution is -2.28. The number of hydrogen-bond donors (Lipinski definition) is 2. The molecule has 0 amide bonds. The summed E-state index contributed by atoms with van der Waals surface area (Å²) in [4.78, 5) is 14.7. The lowest BCUT2D eigenvalue weighted by Gasteiger charge is -2.14. The van der Waals surface area contributed by atoms with Crippen molar-refractivity contribution >= 4 is 27.3 Å². The van der Waals surface area contributed by atoms with Gasteiger partial charge in [-0.25, -0.2) is 17.9 Å². The van der Waals surface area contributed by atoms with Gasteiger partial charge in [0, 0.05) is 18.4 Å². The van der Waals surface area contributed by atoms with Gasteiger partial charge < -0.3 is 5.11 Å². The summed E-state index contributed by atoms with van der Waals surface area (Å²) < 4.78 is 27.4. The van der Waals surface area contributed by atoms with Crippen LogP contribution in [0.4, 0.5) is 0 Å². The molecule has 0 bridgehead atoms. The van der Waals surface area contributed by atoms with Gasteiger partial charge in [0.1, 0.15) is 9.77 Å². The molecule has 0 saturated carbocycles. The molecule has 0 spiro atoms. The van der Waals surface area contributed by atoms with E-state index < -0.39 is 22.0 Å². The van der Waals surface area contributed by atoms with Crippen molar-refractivity contribution in [1.82, 2.24) is 9.71 Å². The average Bonchev–Trinajstić information content (AvgIpc) is 2.82. The van der Waals surface area contributed by atoms with Crippen molar-refractivity contribution in [2.75, 3.05) is 0 Å². The van der Waals surface area contributed by atoms with Crippen LogP contribution < -0.4 is 4.72 Å². The maximum Gasteiger partial charge on any atom is 0.347 e. The summed E-state index contributed by atoms with van der Waals surface area (Å²) in [6.07, 6.45) is 3.15. The van der Waals surface area contributed by atoms with Crippen molar-refractivity contribution in [3.8, 4) is 0 Å². The van der Waals surface area contributed by atoms with Crippen LogP contribution in [0.15, 0.2) is 34.8 Å². The number of thiophene rings is 1. The number of nitrogens with one attached hydrogen (secondary N) is 1. The van der Waals surface area contributed by atoms with Gasteiger partial charge in [-0.15, -0.1) is 11.3 Å². The highest BCUT2D eigenvalue weighted by molar-refractivity contribution is 7.89. The molecule has 2 heterocycles. The van der Waals surface area contributed by atoms with Crippen molar-refractivity contribution in [1.29, 1.82) is 0 Å². The molecule has 2 rings (SSSR count). The van der Waals surface area contributed by atoms with Crippen LogP contribution in [0.3, 0.4) is 0 Å². The largest absolute Gasteiger partial charge is 0.477 e. The molecule has 0 aliphatic rings. The summed E-state index contributed by atoms with van der Waals surface area (Å²) in [7, 11) is -3.92. The van der Waals surface area contributed by atoms with Crippen LogP contribution in [0.1, 0.15) is 33.8 Å². The summed E-state index contributed by atoms with van der Waals surface area (Å²) in [5, 5.41) is 10.6. The molecule has 0 aliphatic carbocycles. The first-order valence-corrected chi connectivity index (χ1v) is 8.43. The Bertz CT molecular complexity index is 754. The van der Waals surface area contributed by atoms with Crippen molar-refractivity contribution in [2.45, 2.75) is 24.8 Å². The Labute approximate surface area is 126 Å². The molecule has 0 saturated heterocycles. The first-order valence-electron chi connectivity index (χ1n) is 6.06. The van der Waals surface area contributed by atoms with Crippen LogP contribution in [0, 0.1) is 6.92 Å². The number of carbonyl (C=O) groups is 1. The second-order valence-corrected chi connectivity index (χ2v) is 7.04. The predicted molar refractivity (Wildman–Crippen MR) is 79.0 cm³/mol. The van der Waals surface area contributed by atoms with Crippen LogP contribution >= 0.6 is 11.3 Å². The zero-order valence-electron chi connectivity index (χ0n) is 11.4. The third-order valence-corrected chi connectivity index (χ3v) is 5.84. The van der Waals surface area contributed by atoms with Gasteiger partial charge in [0.15, 0.2) is 0 Å². The van der Waals surface area contributed by atoms with E-state index in [1.54, 1.807) is 38.4 Å². The molecule has 0 unspecified atom stereocenters. The van der Waals surface area contributed by atoms with Crippen LogP contribution in [0.2, 0.25) is 0 Å². The minimum atomic E-state index is -3.92. The first-order chi connectivity index (χ1) is 9.83. The molecular formula is C13H14N2O4S2. The Morgan fingerprint density at radius 2 is 2.19 bits per heavy atom. The van der Waals surface area contributed by atoms with E-state index in [9.17, 15) is 13.2 Å². The molecule has 21 heavy (non-hydrogen) atoms. The Balaban J connectivity index is 2.36. The highest BCUT2D eigenvalue weighted by atomic mass is 32.2. The van der Waals surface area contributed by atoms with Gasteiger partial charge in [0.2, 0.25) is 10.0 Å². The van der Waals surface area contributed by atoms with E-state index in [1.807, 2.05) is 0 Å². The van der Waals surface area contributed by atoms with E-state index in [0.29, 0.717) is 11.1 Å². The summed E-state index contributed by atoms with van der Waals surface area (Å²) in [6, 6.07) is 2.95. The van der Waals surface area contributed by atoms with E-state index in [-0.39, 0.29) is 9.77 Å². The zero-order valence-corrected chi connectivity index (χ0v) is 13.0. The SMILES string of the molecule is Cc1csc(C(=O)O)c1S(=O)(=O)N[C@@H](C)c1cccnc1. The van der Waals surface area contributed by atoms with Crippen LogP contribution in [0.25, 0.3) is 0 Å². The van der Waals surface area contributed by atoms with Crippen molar-refractivity contribution < 1.29 is 18.3 Å². The highest BCUT2D eigenvalue weighted by Crippen LogP contribution is 2.28. The maximum absolute atomic E-state index is 12.4. The van der Waals surface area contributed by atoms with Gasteiger partial charge in [0.25, 0.3) is 0 Å². The molecule has 2 aromatic rings. The van der Waals surface area contributed by atoms with Gasteiger partial charge in [-0.1, -0.05) is 6.07 Å². The minimum absolute atomic E-state index is 0.171. The van der Waals surface area contributed by atoms with Gasteiger partial charge >= 0.3 is 5.97 Å². The smallest absolute Gasteiger partial charge is 0.347 e. The van der Waals surface area contributed by atoms with Crippen LogP contribution in [-0.4, -0.2) is 24.5 Å². The number of aromatic nitrogens is 1. The monoisotopic (exact) mass is 326 g/mol. The maximum atomic E-state index is 12.4. The number of pyridine rings is 1. The molecular weight excluding hydrogens is 312 g/mol. The minimum Gasteiger partial charge on any atom is -0.477 e. The van der Waals surface area contributed by atoms with Crippen LogP contribution in [-0.2, 0) is 10.0 Å². The normalized spacial score (nSPS) is 13.0. The Morgan fingerprint density at radius 3 is 2.76 bits per heavy atom. The molecule has 6 nitrogen and oxygen atoms in total. The van der Waals surface area contributed by atoms with E-state index in [2.05, 4.69) is 9.71 Å². The molecule has 2 N–H and O–H groups in total. The number of aromatic carboxylic acids is 1. The molecule has 0 fully saturated rings. The summed E-state index contributed by atoms with van der Waals surface area (Å²) in [6.45, 7) is 3.25. The van der Waals surface area contributed by atoms with Crippen molar-refractivity contribution in [3.05, 3.63) is 45.9 Å². The van der Waals surface area contributed by atoms with Crippen molar-refractivity contribution in [3.63, 3.8) is 0 Å². The number of hydrogen-bond acceptors (Lipinski definition) is 5. The number of sulfonamides is 1. The van der Waals surface area contributed by atoms with Gasteiger partial charge in [0.05, 0.1) is 0 Å². The molecule has 0 radical (unpaired) electrons. The van der Waals surface area contributed by atoms with E-state index in [0.717, 1.165) is 11.3 Å². The number of carboxylic acid groups (broad SMARTS) is 1. The third kappa shape index (κ3) is 3.29. The Kier molecular flexibility index (Phi) is 4.40. The topological polar surface area (TPSA) is 96.4 Å². The lowest BCUT2D eigenvalue weighted by molar-refractivity contribution is 0.0698. The van der Waals surface area contributed by atoms with E-state index >= 15 is 0 Å². The number of rotatable bonds is 5. The highest BCUT2D eigenvalue weighted by Gasteiger charge is 2.28. The van der Waals surface area contributed by atoms with Gasteiger partial charge in [-0.05, 0) is 36.4 Å². The summed E-state index contributed by atoms with van der Waals surface area (Å²) in [5.74, 6) is -1.25. The number of aryl methyl sites for hydroxylation is 1. The third-order valence-electron chi connectivity index (χ3n) is 2.90.